The lowest BCUT2D eigenvalue weighted by atomic mass is 9.94. The first kappa shape index (κ1) is 27.4. The van der Waals surface area contributed by atoms with Crippen molar-refractivity contribution in [2.45, 2.75) is 0 Å². The van der Waals surface area contributed by atoms with Gasteiger partial charge in [-0.05, 0) is 46.5 Å². The molecule has 0 amide bonds. The number of hydrogen-bond acceptors (Lipinski definition) is 4. The molecule has 0 atom stereocenters. The molecular weight excluding hydrogens is 701 g/mol. The van der Waals surface area contributed by atoms with Crippen LogP contribution in [0.4, 0.5) is 0 Å². The van der Waals surface area contributed by atoms with Crippen molar-refractivity contribution in [1.29, 1.82) is 0 Å². The Bertz CT molecular complexity index is 3690. The molecule has 3 heterocycles. The highest BCUT2D eigenvalue weighted by Crippen LogP contribution is 2.51. The second-order valence-electron chi connectivity index (χ2n) is 14.0. The van der Waals surface area contributed by atoms with Crippen molar-refractivity contribution in [2.24, 2.45) is 0 Å². The molecule has 0 N–H and O–H groups in total. The number of benzene rings is 9. The minimum atomic E-state index is -0.229. The summed E-state index contributed by atoms with van der Waals surface area (Å²) in [5.41, 5.74) is 5.60. The Hall–Kier alpha value is -7.21. The summed E-state index contributed by atoms with van der Waals surface area (Å²) in [5.74, 6) is 1.76. The van der Waals surface area contributed by atoms with Crippen LogP contribution < -0.4 is 0 Å². The molecule has 0 aliphatic heterocycles. The normalized spacial score (nSPS) is 12.9. The van der Waals surface area contributed by atoms with Crippen LogP contribution in [0, 0.1) is 0 Å². The standard InChI is InChI=1S/C51H30N4S/c1-3-15-31(16-4-1)49-52-50(32-17-5-2-6-18-32)54-51(53-49)33-27-29-34(30-28-33)55-46-38-22-10-8-20-36(38)35-19-7-9-21-37(35)43(46)45-44-41-25-13-14-26-42(41)56-48(44)40-24-12-11-23-39(40)47(45)55/h1-30H/i13D,14D,25D,26D. The van der Waals surface area contributed by atoms with E-state index in [9.17, 15) is 1.37 Å². The van der Waals surface area contributed by atoms with Gasteiger partial charge in [-0.2, -0.15) is 0 Å². The van der Waals surface area contributed by atoms with Gasteiger partial charge in [0.1, 0.15) is 0 Å². The first-order chi connectivity index (χ1) is 29.5. The predicted molar refractivity (Wildman–Crippen MR) is 236 cm³/mol. The molecule has 0 unspecified atom stereocenters. The van der Waals surface area contributed by atoms with Gasteiger partial charge < -0.3 is 4.57 Å². The lowest BCUT2D eigenvalue weighted by Gasteiger charge is -2.14. The maximum atomic E-state index is 9.32. The van der Waals surface area contributed by atoms with Crippen LogP contribution in [-0.2, 0) is 0 Å². The van der Waals surface area contributed by atoms with Crippen molar-refractivity contribution < 1.29 is 5.48 Å². The van der Waals surface area contributed by atoms with Gasteiger partial charge in [-0.1, -0.05) is 152 Å². The number of hydrogen-bond donors (Lipinski definition) is 0. The van der Waals surface area contributed by atoms with E-state index in [2.05, 4.69) is 95.6 Å². The summed E-state index contributed by atoms with van der Waals surface area (Å²) in [6.45, 7) is 0. The molecule has 0 spiro atoms. The summed E-state index contributed by atoms with van der Waals surface area (Å²) < 4.78 is 39.6. The van der Waals surface area contributed by atoms with Gasteiger partial charge in [0.05, 0.1) is 16.5 Å². The molecular formula is C51H30N4S. The largest absolute Gasteiger partial charge is 0.308 e. The average Bonchev–Trinajstić information content (AvgIpc) is 3.89. The first-order valence-corrected chi connectivity index (χ1v) is 19.4. The Kier molecular flexibility index (Phi) is 5.94. The quantitative estimate of drug-likeness (QED) is 0.169. The maximum absolute atomic E-state index is 9.32. The van der Waals surface area contributed by atoms with E-state index >= 15 is 0 Å². The summed E-state index contributed by atoms with van der Waals surface area (Å²) in [7, 11) is 0. The van der Waals surface area contributed by atoms with Crippen molar-refractivity contribution in [3.05, 3.63) is 182 Å². The summed E-state index contributed by atoms with van der Waals surface area (Å²) in [4.78, 5) is 14.9. The van der Waals surface area contributed by atoms with E-state index in [4.69, 9.17) is 19.1 Å². The van der Waals surface area contributed by atoms with Crippen LogP contribution in [0.1, 0.15) is 5.48 Å². The number of aromatic nitrogens is 4. The molecule has 5 heteroatoms. The zero-order valence-corrected chi connectivity index (χ0v) is 30.5. The number of fused-ring (bicyclic) bond motifs is 15. The predicted octanol–water partition coefficient (Wildman–Crippen LogP) is 13.8. The summed E-state index contributed by atoms with van der Waals surface area (Å²) in [6, 6.07) is 53.3. The third-order valence-electron chi connectivity index (χ3n) is 10.9. The Morgan fingerprint density at radius 1 is 0.393 bits per heavy atom. The SMILES string of the molecule is [2H]c1c([2H])c([2H])c2c(sc3c4ccccc4c4c(c32)c2c3ccccc3c3ccccc3c2n4-c2ccc(-c3nc(-c4ccccc4)nc(-c4ccccc4)n3)cc2)c1[2H]. The third-order valence-corrected chi connectivity index (χ3v) is 12.1. The number of thiophene rings is 1. The van der Waals surface area contributed by atoms with Crippen LogP contribution >= 0.6 is 11.3 Å². The van der Waals surface area contributed by atoms with E-state index < -0.39 is 0 Å². The second-order valence-corrected chi connectivity index (χ2v) is 15.0. The molecule has 3 aromatic heterocycles. The highest BCUT2D eigenvalue weighted by molar-refractivity contribution is 7.27. The van der Waals surface area contributed by atoms with Crippen LogP contribution in [0.15, 0.2) is 182 Å². The van der Waals surface area contributed by atoms with Crippen molar-refractivity contribution in [3.63, 3.8) is 0 Å². The van der Waals surface area contributed by atoms with Crippen molar-refractivity contribution in [2.75, 3.05) is 0 Å². The molecule has 0 saturated carbocycles. The van der Waals surface area contributed by atoms with E-state index in [1.807, 2.05) is 66.7 Å². The van der Waals surface area contributed by atoms with Crippen LogP contribution in [-0.4, -0.2) is 19.5 Å². The minimum Gasteiger partial charge on any atom is -0.308 e. The lowest BCUT2D eigenvalue weighted by molar-refractivity contribution is 1.07. The Labute approximate surface area is 331 Å². The van der Waals surface area contributed by atoms with Gasteiger partial charge >= 0.3 is 0 Å². The summed E-state index contributed by atoms with van der Waals surface area (Å²) in [6.07, 6.45) is 0. The molecule has 0 aliphatic carbocycles. The fraction of sp³-hybridized carbons (Fsp3) is 0. The van der Waals surface area contributed by atoms with Crippen LogP contribution in [0.2, 0.25) is 0 Å². The Balaban J connectivity index is 1.22. The van der Waals surface area contributed by atoms with E-state index in [1.165, 1.54) is 11.3 Å². The molecule has 9 aromatic carbocycles. The topological polar surface area (TPSA) is 43.6 Å². The van der Waals surface area contributed by atoms with Gasteiger partial charge in [0, 0.05) is 69.5 Å². The zero-order valence-electron chi connectivity index (χ0n) is 33.7. The molecule has 12 rings (SSSR count). The molecule has 0 fully saturated rings. The molecule has 0 bridgehead atoms. The molecule has 12 aromatic rings. The van der Waals surface area contributed by atoms with Crippen molar-refractivity contribution in [1.82, 2.24) is 19.5 Å². The van der Waals surface area contributed by atoms with Crippen molar-refractivity contribution >= 4 is 85.6 Å². The van der Waals surface area contributed by atoms with Gasteiger partial charge in [0.2, 0.25) is 0 Å². The zero-order chi connectivity index (χ0) is 40.2. The van der Waals surface area contributed by atoms with Crippen LogP contribution in [0.25, 0.3) is 114 Å². The van der Waals surface area contributed by atoms with Gasteiger partial charge in [-0.15, -0.1) is 11.3 Å². The number of nitrogens with zero attached hydrogens (tertiary/aromatic N) is 4. The lowest BCUT2D eigenvalue weighted by Crippen LogP contribution is -2.00. The molecule has 4 nitrogen and oxygen atoms in total. The third kappa shape index (κ3) is 4.55. The van der Waals surface area contributed by atoms with E-state index in [-0.39, 0.29) is 24.2 Å². The molecule has 0 saturated heterocycles. The van der Waals surface area contributed by atoms with Crippen LogP contribution in [0.3, 0.4) is 0 Å². The smallest absolute Gasteiger partial charge is 0.164 e. The average molecular weight is 735 g/mol. The summed E-state index contributed by atoms with van der Waals surface area (Å²) in [5, 5.41) is 9.87. The van der Waals surface area contributed by atoms with Crippen LogP contribution in [0.5, 0.6) is 0 Å². The molecule has 0 aliphatic rings. The summed E-state index contributed by atoms with van der Waals surface area (Å²) >= 11 is 1.45. The molecule has 0 radical (unpaired) electrons. The Morgan fingerprint density at radius 2 is 0.857 bits per heavy atom. The van der Waals surface area contributed by atoms with E-state index in [0.717, 1.165) is 86.6 Å². The minimum absolute atomic E-state index is 0.0109. The molecule has 56 heavy (non-hydrogen) atoms. The highest BCUT2D eigenvalue weighted by atomic mass is 32.1. The monoisotopic (exact) mass is 734 g/mol. The van der Waals surface area contributed by atoms with E-state index in [1.54, 1.807) is 0 Å². The first-order valence-electron chi connectivity index (χ1n) is 20.5. The second kappa shape index (κ2) is 12.2. The van der Waals surface area contributed by atoms with Gasteiger partial charge in [-0.25, -0.2) is 15.0 Å². The fourth-order valence-electron chi connectivity index (χ4n) is 8.54. The Morgan fingerprint density at radius 3 is 1.48 bits per heavy atom. The van der Waals surface area contributed by atoms with Gasteiger partial charge in [0.25, 0.3) is 0 Å². The maximum Gasteiger partial charge on any atom is 0.164 e. The number of rotatable bonds is 4. The van der Waals surface area contributed by atoms with Crippen molar-refractivity contribution in [3.8, 4) is 39.9 Å². The van der Waals surface area contributed by atoms with E-state index in [0.29, 0.717) is 27.6 Å². The molecule has 260 valence electrons. The fourth-order valence-corrected chi connectivity index (χ4v) is 9.70. The highest BCUT2D eigenvalue weighted by Gasteiger charge is 2.25. The van der Waals surface area contributed by atoms with Gasteiger partial charge in [-0.3, -0.25) is 0 Å². The van der Waals surface area contributed by atoms with Gasteiger partial charge in [0.15, 0.2) is 17.5 Å².